The Morgan fingerprint density at radius 2 is 2.15 bits per heavy atom. The Hall–Kier alpha value is -1.75. The van der Waals surface area contributed by atoms with E-state index in [-0.39, 0.29) is 0 Å². The van der Waals surface area contributed by atoms with Gasteiger partial charge >= 0.3 is 5.97 Å². The summed E-state index contributed by atoms with van der Waals surface area (Å²) in [4.78, 5) is 13.3. The lowest BCUT2D eigenvalue weighted by atomic mass is 10.0. The first kappa shape index (κ1) is 14.7. The molecule has 1 aromatic carbocycles. The van der Waals surface area contributed by atoms with E-state index in [1.165, 1.54) is 0 Å². The third-order valence-electron chi connectivity index (χ3n) is 3.76. The van der Waals surface area contributed by atoms with Gasteiger partial charge < -0.3 is 14.6 Å². The molecule has 0 aromatic heterocycles. The van der Waals surface area contributed by atoms with Crippen molar-refractivity contribution in [2.24, 2.45) is 0 Å². The molecule has 5 heteroatoms. The molecule has 0 aliphatic carbocycles. The topological polar surface area (TPSA) is 59.0 Å². The van der Waals surface area contributed by atoms with Crippen LogP contribution in [0.4, 0.5) is 0 Å². The van der Waals surface area contributed by atoms with E-state index >= 15 is 0 Å². The summed E-state index contributed by atoms with van der Waals surface area (Å²) in [6, 6.07) is 5.20. The average molecular weight is 279 g/mol. The van der Waals surface area contributed by atoms with E-state index in [1.807, 2.05) is 23.1 Å². The standard InChI is InChI=1S/C15H21NO4/c1-19-12-6-7-14(20-2)11(9-12)10-16-8-4-3-5-13(16)15(17)18/h6-7,9,13H,3-5,8,10H2,1-2H3,(H,17,18). The summed E-state index contributed by atoms with van der Waals surface area (Å²) >= 11 is 0. The maximum absolute atomic E-state index is 11.3. The third-order valence-corrected chi connectivity index (χ3v) is 3.76. The number of carboxylic acid groups (broad SMARTS) is 1. The summed E-state index contributed by atoms with van der Waals surface area (Å²) in [5, 5.41) is 9.32. The smallest absolute Gasteiger partial charge is 0.320 e. The molecule has 1 fully saturated rings. The molecular weight excluding hydrogens is 258 g/mol. The van der Waals surface area contributed by atoms with E-state index in [9.17, 15) is 9.90 Å². The lowest BCUT2D eigenvalue weighted by molar-refractivity contribution is -0.144. The predicted octanol–water partition coefficient (Wildman–Crippen LogP) is 2.14. The van der Waals surface area contributed by atoms with Crippen LogP contribution in [0.25, 0.3) is 0 Å². The van der Waals surface area contributed by atoms with Crippen molar-refractivity contribution in [3.63, 3.8) is 0 Å². The lowest BCUT2D eigenvalue weighted by Gasteiger charge is -2.33. The zero-order chi connectivity index (χ0) is 14.5. The van der Waals surface area contributed by atoms with Gasteiger partial charge in [-0.05, 0) is 37.6 Å². The highest BCUT2D eigenvalue weighted by molar-refractivity contribution is 5.73. The molecule has 1 aliphatic rings. The Balaban J connectivity index is 2.20. The first-order valence-electron chi connectivity index (χ1n) is 6.83. The SMILES string of the molecule is COc1ccc(OC)c(CN2CCCCC2C(=O)O)c1. The number of hydrogen-bond donors (Lipinski definition) is 1. The second-order valence-corrected chi connectivity index (χ2v) is 5.00. The minimum absolute atomic E-state index is 0.403. The maximum Gasteiger partial charge on any atom is 0.320 e. The van der Waals surface area contributed by atoms with E-state index in [1.54, 1.807) is 14.2 Å². The fourth-order valence-corrected chi connectivity index (χ4v) is 2.68. The van der Waals surface area contributed by atoms with Gasteiger partial charge in [0.25, 0.3) is 0 Å². The van der Waals surface area contributed by atoms with Crippen LogP contribution in [0, 0.1) is 0 Å². The van der Waals surface area contributed by atoms with Crippen LogP contribution in [0.1, 0.15) is 24.8 Å². The Morgan fingerprint density at radius 1 is 1.35 bits per heavy atom. The van der Waals surface area contributed by atoms with Gasteiger partial charge in [-0.15, -0.1) is 0 Å². The summed E-state index contributed by atoms with van der Waals surface area (Å²) in [5.74, 6) is 0.775. The number of aliphatic carboxylic acids is 1. The van der Waals surface area contributed by atoms with Crippen LogP contribution in [0.3, 0.4) is 0 Å². The van der Waals surface area contributed by atoms with E-state index in [0.29, 0.717) is 13.0 Å². The molecular formula is C15H21NO4. The van der Waals surface area contributed by atoms with Crippen LogP contribution in [0.2, 0.25) is 0 Å². The van der Waals surface area contributed by atoms with Crippen LogP contribution in [0.15, 0.2) is 18.2 Å². The molecule has 1 aliphatic heterocycles. The number of carbonyl (C=O) groups is 1. The summed E-state index contributed by atoms with van der Waals surface area (Å²) in [7, 11) is 3.24. The van der Waals surface area contributed by atoms with Crippen LogP contribution in [-0.4, -0.2) is 42.8 Å². The Kier molecular flexibility index (Phi) is 4.84. The van der Waals surface area contributed by atoms with Gasteiger partial charge in [-0.25, -0.2) is 0 Å². The summed E-state index contributed by atoms with van der Waals surface area (Å²) in [5.41, 5.74) is 0.958. The number of piperidine rings is 1. The molecule has 110 valence electrons. The maximum atomic E-state index is 11.3. The van der Waals surface area contributed by atoms with E-state index in [2.05, 4.69) is 0 Å². The average Bonchev–Trinajstić information content (AvgIpc) is 2.47. The number of rotatable bonds is 5. The fourth-order valence-electron chi connectivity index (χ4n) is 2.68. The van der Waals surface area contributed by atoms with Crippen molar-refractivity contribution in [2.45, 2.75) is 31.8 Å². The lowest BCUT2D eigenvalue weighted by Crippen LogP contribution is -2.44. The number of nitrogens with zero attached hydrogens (tertiary/aromatic N) is 1. The van der Waals surface area contributed by atoms with Gasteiger partial charge in [-0.3, -0.25) is 9.69 Å². The van der Waals surface area contributed by atoms with Crippen LogP contribution < -0.4 is 9.47 Å². The van der Waals surface area contributed by atoms with Gasteiger partial charge in [0.1, 0.15) is 17.5 Å². The summed E-state index contributed by atoms with van der Waals surface area (Å²) < 4.78 is 10.6. The molecule has 1 N–H and O–H groups in total. The molecule has 2 rings (SSSR count). The molecule has 1 aromatic rings. The van der Waals surface area contributed by atoms with E-state index in [4.69, 9.17) is 9.47 Å². The van der Waals surface area contributed by atoms with Crippen molar-refractivity contribution in [1.82, 2.24) is 4.90 Å². The number of hydrogen-bond acceptors (Lipinski definition) is 4. The van der Waals surface area contributed by atoms with Crippen LogP contribution >= 0.6 is 0 Å². The highest BCUT2D eigenvalue weighted by Gasteiger charge is 2.28. The zero-order valence-electron chi connectivity index (χ0n) is 12.0. The minimum atomic E-state index is -0.744. The predicted molar refractivity (Wildman–Crippen MR) is 75.2 cm³/mol. The van der Waals surface area contributed by atoms with Crippen molar-refractivity contribution in [2.75, 3.05) is 20.8 Å². The van der Waals surface area contributed by atoms with Crippen molar-refractivity contribution in [3.05, 3.63) is 23.8 Å². The Labute approximate surface area is 119 Å². The summed E-state index contributed by atoms with van der Waals surface area (Å²) in [6.07, 6.45) is 2.72. The second-order valence-electron chi connectivity index (χ2n) is 5.00. The van der Waals surface area contributed by atoms with Crippen molar-refractivity contribution < 1.29 is 19.4 Å². The van der Waals surface area contributed by atoms with Crippen molar-refractivity contribution in [3.8, 4) is 11.5 Å². The molecule has 1 heterocycles. The van der Waals surface area contributed by atoms with E-state index < -0.39 is 12.0 Å². The normalized spacial score (nSPS) is 19.6. The molecule has 0 spiro atoms. The van der Waals surface area contributed by atoms with Crippen molar-refractivity contribution >= 4 is 5.97 Å². The van der Waals surface area contributed by atoms with Crippen LogP contribution in [0.5, 0.6) is 11.5 Å². The van der Waals surface area contributed by atoms with Crippen LogP contribution in [-0.2, 0) is 11.3 Å². The highest BCUT2D eigenvalue weighted by Crippen LogP contribution is 2.28. The highest BCUT2D eigenvalue weighted by atomic mass is 16.5. The van der Waals surface area contributed by atoms with Gasteiger partial charge in [0.2, 0.25) is 0 Å². The van der Waals surface area contributed by atoms with Gasteiger partial charge in [-0.1, -0.05) is 6.42 Å². The van der Waals surface area contributed by atoms with Gasteiger partial charge in [0.15, 0.2) is 0 Å². The second kappa shape index (κ2) is 6.61. The largest absolute Gasteiger partial charge is 0.497 e. The molecule has 0 radical (unpaired) electrons. The number of likely N-dealkylation sites (tertiary alicyclic amines) is 1. The molecule has 0 amide bonds. The molecule has 0 saturated carbocycles. The van der Waals surface area contributed by atoms with Gasteiger partial charge in [0, 0.05) is 12.1 Å². The Bertz CT molecular complexity index is 475. The summed E-state index contributed by atoms with van der Waals surface area (Å²) in [6.45, 7) is 1.37. The minimum Gasteiger partial charge on any atom is -0.497 e. The first-order chi connectivity index (χ1) is 9.65. The zero-order valence-corrected chi connectivity index (χ0v) is 12.0. The molecule has 1 saturated heterocycles. The third kappa shape index (κ3) is 3.22. The molecule has 0 bridgehead atoms. The monoisotopic (exact) mass is 279 g/mol. The molecule has 20 heavy (non-hydrogen) atoms. The first-order valence-corrected chi connectivity index (χ1v) is 6.83. The number of ether oxygens (including phenoxy) is 2. The molecule has 5 nitrogen and oxygen atoms in total. The number of carboxylic acids is 1. The number of methoxy groups -OCH3 is 2. The van der Waals surface area contributed by atoms with Gasteiger partial charge in [-0.2, -0.15) is 0 Å². The molecule has 1 unspecified atom stereocenters. The quantitative estimate of drug-likeness (QED) is 0.895. The van der Waals surface area contributed by atoms with Crippen molar-refractivity contribution in [1.29, 1.82) is 0 Å². The number of benzene rings is 1. The Morgan fingerprint density at radius 3 is 2.80 bits per heavy atom. The van der Waals surface area contributed by atoms with Gasteiger partial charge in [0.05, 0.1) is 14.2 Å². The molecule has 1 atom stereocenters. The fraction of sp³-hybridized carbons (Fsp3) is 0.533. The van der Waals surface area contributed by atoms with E-state index in [0.717, 1.165) is 36.4 Å².